The molecular formula is C12H18ClN3O. The van der Waals surface area contributed by atoms with E-state index < -0.39 is 0 Å². The minimum Gasteiger partial charge on any atom is -0.330 e. The zero-order valence-electron chi connectivity index (χ0n) is 10.3. The smallest absolute Gasteiger partial charge is 0.229 e. The van der Waals surface area contributed by atoms with Crippen molar-refractivity contribution in [2.45, 2.75) is 20.8 Å². The van der Waals surface area contributed by atoms with Gasteiger partial charge in [-0.1, -0.05) is 25.4 Å². The second-order valence-corrected chi connectivity index (χ2v) is 4.77. The molecule has 1 atom stereocenters. The van der Waals surface area contributed by atoms with Crippen LogP contribution in [-0.4, -0.2) is 17.4 Å². The third-order valence-electron chi connectivity index (χ3n) is 2.68. The molecule has 0 spiro atoms. The molecular weight excluding hydrogens is 238 g/mol. The van der Waals surface area contributed by atoms with E-state index in [1.807, 2.05) is 20.8 Å². The van der Waals surface area contributed by atoms with E-state index in [0.717, 1.165) is 5.56 Å². The summed E-state index contributed by atoms with van der Waals surface area (Å²) in [6.07, 6.45) is 1.54. The molecule has 0 aliphatic carbocycles. The van der Waals surface area contributed by atoms with Crippen molar-refractivity contribution in [1.82, 2.24) is 4.98 Å². The molecule has 17 heavy (non-hydrogen) atoms. The van der Waals surface area contributed by atoms with Gasteiger partial charge in [0.15, 0.2) is 0 Å². The molecule has 1 unspecified atom stereocenters. The number of rotatable bonds is 4. The van der Waals surface area contributed by atoms with E-state index in [2.05, 4.69) is 10.3 Å². The summed E-state index contributed by atoms with van der Waals surface area (Å²) in [6.45, 7) is 6.13. The molecule has 5 heteroatoms. The van der Waals surface area contributed by atoms with Crippen molar-refractivity contribution < 1.29 is 4.79 Å². The van der Waals surface area contributed by atoms with E-state index in [1.165, 1.54) is 0 Å². The fourth-order valence-electron chi connectivity index (χ4n) is 1.54. The van der Waals surface area contributed by atoms with Crippen molar-refractivity contribution in [3.05, 3.63) is 23.0 Å². The molecule has 94 valence electrons. The predicted octanol–water partition coefficient (Wildman–Crippen LogP) is 2.21. The van der Waals surface area contributed by atoms with Crippen LogP contribution in [0.5, 0.6) is 0 Å². The largest absolute Gasteiger partial charge is 0.330 e. The summed E-state index contributed by atoms with van der Waals surface area (Å²) in [4.78, 5) is 15.9. The Morgan fingerprint density at radius 3 is 2.71 bits per heavy atom. The monoisotopic (exact) mass is 255 g/mol. The zero-order valence-corrected chi connectivity index (χ0v) is 11.1. The maximum atomic E-state index is 11.9. The van der Waals surface area contributed by atoms with E-state index >= 15 is 0 Å². The highest BCUT2D eigenvalue weighted by Gasteiger charge is 2.20. The van der Waals surface area contributed by atoms with Crippen LogP contribution in [0.15, 0.2) is 12.3 Å². The lowest BCUT2D eigenvalue weighted by atomic mass is 9.95. The Bertz CT molecular complexity index is 407. The van der Waals surface area contributed by atoms with Gasteiger partial charge in [0.2, 0.25) is 5.91 Å². The van der Waals surface area contributed by atoms with E-state index in [9.17, 15) is 4.79 Å². The number of aromatic nitrogens is 1. The molecule has 0 fully saturated rings. The highest BCUT2D eigenvalue weighted by Crippen LogP contribution is 2.18. The molecule has 1 aromatic rings. The van der Waals surface area contributed by atoms with E-state index in [-0.39, 0.29) is 17.7 Å². The summed E-state index contributed by atoms with van der Waals surface area (Å²) in [5.74, 6) is -0.0571. The fourth-order valence-corrected chi connectivity index (χ4v) is 1.65. The SMILES string of the molecule is Cc1cc(NC(=O)C(CN)C(C)C)cnc1Cl. The van der Waals surface area contributed by atoms with Crippen LogP contribution in [0, 0.1) is 18.8 Å². The summed E-state index contributed by atoms with van der Waals surface area (Å²) in [7, 11) is 0. The topological polar surface area (TPSA) is 68.0 Å². The molecule has 0 saturated carbocycles. The Kier molecular flexibility index (Phi) is 4.90. The van der Waals surface area contributed by atoms with E-state index in [0.29, 0.717) is 17.4 Å². The van der Waals surface area contributed by atoms with Gasteiger partial charge in [0.1, 0.15) is 5.15 Å². The lowest BCUT2D eigenvalue weighted by molar-refractivity contribution is -0.120. The number of nitrogens with one attached hydrogen (secondary N) is 1. The van der Waals surface area contributed by atoms with Gasteiger partial charge in [0.05, 0.1) is 17.8 Å². The number of anilines is 1. The number of aryl methyl sites for hydroxylation is 1. The maximum absolute atomic E-state index is 11.9. The van der Waals surface area contributed by atoms with Crippen LogP contribution in [0.1, 0.15) is 19.4 Å². The molecule has 0 aliphatic rings. The average Bonchev–Trinajstić information content (AvgIpc) is 2.24. The summed E-state index contributed by atoms with van der Waals surface area (Å²) in [5, 5.41) is 3.25. The molecule has 4 nitrogen and oxygen atoms in total. The molecule has 3 N–H and O–H groups in total. The molecule has 0 aromatic carbocycles. The normalized spacial score (nSPS) is 12.6. The minimum atomic E-state index is -0.189. The maximum Gasteiger partial charge on any atom is 0.229 e. The summed E-state index contributed by atoms with van der Waals surface area (Å²) < 4.78 is 0. The first kappa shape index (κ1) is 13.9. The molecule has 1 aromatic heterocycles. The third-order valence-corrected chi connectivity index (χ3v) is 3.07. The first-order valence-electron chi connectivity index (χ1n) is 5.58. The Hall–Kier alpha value is -1.13. The van der Waals surface area contributed by atoms with Crippen molar-refractivity contribution in [2.24, 2.45) is 17.6 Å². The number of nitrogens with two attached hydrogens (primary N) is 1. The average molecular weight is 256 g/mol. The lowest BCUT2D eigenvalue weighted by Crippen LogP contribution is -2.33. The first-order valence-corrected chi connectivity index (χ1v) is 5.96. The highest BCUT2D eigenvalue weighted by molar-refractivity contribution is 6.30. The van der Waals surface area contributed by atoms with Crippen molar-refractivity contribution in [3.63, 3.8) is 0 Å². The molecule has 0 radical (unpaired) electrons. The molecule has 1 amide bonds. The van der Waals surface area contributed by atoms with Crippen LogP contribution in [-0.2, 0) is 4.79 Å². The van der Waals surface area contributed by atoms with Gasteiger partial charge in [0.25, 0.3) is 0 Å². The van der Waals surface area contributed by atoms with Crippen molar-refractivity contribution in [1.29, 1.82) is 0 Å². The Balaban J connectivity index is 2.77. The van der Waals surface area contributed by atoms with Crippen molar-refractivity contribution in [3.8, 4) is 0 Å². The predicted molar refractivity (Wildman–Crippen MR) is 70.0 cm³/mol. The van der Waals surface area contributed by atoms with Gasteiger partial charge in [-0.2, -0.15) is 0 Å². The Morgan fingerprint density at radius 1 is 1.59 bits per heavy atom. The van der Waals surface area contributed by atoms with Crippen LogP contribution >= 0.6 is 11.6 Å². The van der Waals surface area contributed by atoms with Gasteiger partial charge >= 0.3 is 0 Å². The zero-order chi connectivity index (χ0) is 13.0. The van der Waals surface area contributed by atoms with Gasteiger partial charge in [-0.3, -0.25) is 4.79 Å². The summed E-state index contributed by atoms with van der Waals surface area (Å²) >= 11 is 5.81. The van der Waals surface area contributed by atoms with Crippen LogP contribution in [0.2, 0.25) is 5.15 Å². The minimum absolute atomic E-state index is 0.0778. The molecule has 0 bridgehead atoms. The van der Waals surface area contributed by atoms with Crippen molar-refractivity contribution >= 4 is 23.2 Å². The first-order chi connectivity index (χ1) is 7.95. The number of pyridine rings is 1. The van der Waals surface area contributed by atoms with Crippen LogP contribution < -0.4 is 11.1 Å². The molecule has 1 heterocycles. The van der Waals surface area contributed by atoms with Gasteiger partial charge in [-0.05, 0) is 24.5 Å². The lowest BCUT2D eigenvalue weighted by Gasteiger charge is -2.18. The fraction of sp³-hybridized carbons (Fsp3) is 0.500. The number of hydrogen-bond donors (Lipinski definition) is 2. The van der Waals surface area contributed by atoms with Gasteiger partial charge in [-0.15, -0.1) is 0 Å². The van der Waals surface area contributed by atoms with Gasteiger partial charge < -0.3 is 11.1 Å². The number of nitrogens with zero attached hydrogens (tertiary/aromatic N) is 1. The number of hydrogen-bond acceptors (Lipinski definition) is 3. The van der Waals surface area contributed by atoms with Crippen LogP contribution in [0.4, 0.5) is 5.69 Å². The Morgan fingerprint density at radius 2 is 2.24 bits per heavy atom. The molecule has 1 rings (SSSR count). The standard InChI is InChI=1S/C12H18ClN3O/c1-7(2)10(5-14)12(17)16-9-4-8(3)11(13)15-6-9/h4,6-7,10H,5,14H2,1-3H3,(H,16,17). The third kappa shape index (κ3) is 3.68. The molecule has 0 aliphatic heterocycles. The quantitative estimate of drug-likeness (QED) is 0.811. The van der Waals surface area contributed by atoms with Gasteiger partial charge in [-0.25, -0.2) is 4.98 Å². The van der Waals surface area contributed by atoms with E-state index in [4.69, 9.17) is 17.3 Å². The summed E-state index contributed by atoms with van der Waals surface area (Å²) in [6, 6.07) is 1.79. The second-order valence-electron chi connectivity index (χ2n) is 4.41. The highest BCUT2D eigenvalue weighted by atomic mass is 35.5. The number of amides is 1. The molecule has 0 saturated heterocycles. The Labute approximate surface area is 107 Å². The number of carbonyl (C=O) groups excluding carboxylic acids is 1. The van der Waals surface area contributed by atoms with Crippen LogP contribution in [0.25, 0.3) is 0 Å². The van der Waals surface area contributed by atoms with E-state index in [1.54, 1.807) is 12.3 Å². The van der Waals surface area contributed by atoms with Crippen molar-refractivity contribution in [2.75, 3.05) is 11.9 Å². The van der Waals surface area contributed by atoms with Crippen LogP contribution in [0.3, 0.4) is 0 Å². The summed E-state index contributed by atoms with van der Waals surface area (Å²) in [5.41, 5.74) is 7.07. The number of carbonyl (C=O) groups is 1. The second kappa shape index (κ2) is 5.98. The van der Waals surface area contributed by atoms with Gasteiger partial charge in [0, 0.05) is 6.54 Å². The number of halogens is 1.